The van der Waals surface area contributed by atoms with E-state index in [2.05, 4.69) is 0 Å². The van der Waals surface area contributed by atoms with Gasteiger partial charge < -0.3 is 4.57 Å². The van der Waals surface area contributed by atoms with Gasteiger partial charge in [-0.3, -0.25) is 14.4 Å². The number of aryl methyl sites for hydroxylation is 8. The van der Waals surface area contributed by atoms with Gasteiger partial charge in [-0.1, -0.05) is 41.5 Å². The lowest BCUT2D eigenvalue weighted by Crippen LogP contribution is -2.25. The van der Waals surface area contributed by atoms with E-state index in [4.69, 9.17) is 0 Å². The molecule has 4 rings (SSSR count). The van der Waals surface area contributed by atoms with Gasteiger partial charge in [0.1, 0.15) is 0 Å². The summed E-state index contributed by atoms with van der Waals surface area (Å²) in [6.07, 6.45) is 0. The summed E-state index contributed by atoms with van der Waals surface area (Å²) in [6, 6.07) is 9.94. The summed E-state index contributed by atoms with van der Waals surface area (Å²) in [5, 5.41) is 0.310. The SMILES string of the molecule is Cc1cc(C)c(C(=O)c2c(C)c(C(=O)c3c(C)cc(C)cc3C)c(C)c([PH](=O)C(=O)c3c(C)c(C)cc(C)c3C)c2C)c(C)c1. The van der Waals surface area contributed by atoms with Crippen molar-refractivity contribution in [2.45, 2.75) is 90.0 Å². The second-order valence-corrected chi connectivity index (χ2v) is 14.6. The molecule has 0 saturated carbocycles. The molecule has 0 heterocycles. The largest absolute Gasteiger partial charge is 0.313 e. The summed E-state index contributed by atoms with van der Waals surface area (Å²) in [6.45, 7) is 24.7. The van der Waals surface area contributed by atoms with Crippen LogP contribution >= 0.6 is 7.80 Å². The number of hydrogen-bond acceptors (Lipinski definition) is 4. The predicted octanol–water partition coefficient (Wildman–Crippen LogP) is 9.18. The third-order valence-corrected chi connectivity index (χ3v) is 11.4. The minimum Gasteiger partial charge on any atom is -0.313 e. The van der Waals surface area contributed by atoms with Crippen LogP contribution in [-0.2, 0) is 4.57 Å². The Kier molecular flexibility index (Phi) is 9.44. The molecule has 0 aliphatic heterocycles. The van der Waals surface area contributed by atoms with Crippen molar-refractivity contribution >= 4 is 30.2 Å². The van der Waals surface area contributed by atoms with Crippen molar-refractivity contribution in [1.82, 2.24) is 0 Å². The number of benzene rings is 4. The Balaban J connectivity index is 2.11. The average molecular weight is 621 g/mol. The van der Waals surface area contributed by atoms with E-state index in [9.17, 15) is 18.9 Å². The smallest absolute Gasteiger partial charge is 0.223 e. The summed E-state index contributed by atoms with van der Waals surface area (Å²) < 4.78 is 14.6. The molecule has 0 fully saturated rings. The Bertz CT molecular complexity index is 1820. The highest BCUT2D eigenvalue weighted by molar-refractivity contribution is 7.71. The van der Waals surface area contributed by atoms with Crippen LogP contribution in [0.1, 0.15) is 115 Å². The Morgan fingerprint density at radius 3 is 1.07 bits per heavy atom. The summed E-state index contributed by atoms with van der Waals surface area (Å²) in [7, 11) is -3.17. The van der Waals surface area contributed by atoms with Gasteiger partial charge in [0.05, 0.1) is 0 Å². The zero-order valence-electron chi connectivity index (χ0n) is 29.0. The molecular formula is C40H45O4P. The number of carbonyl (C=O) groups excluding carboxylic acids is 3. The van der Waals surface area contributed by atoms with Crippen molar-refractivity contribution in [1.29, 1.82) is 0 Å². The molecule has 4 aromatic carbocycles. The fourth-order valence-corrected chi connectivity index (χ4v) is 9.11. The van der Waals surface area contributed by atoms with Crippen LogP contribution in [0, 0.1) is 90.0 Å². The monoisotopic (exact) mass is 620 g/mol. The number of carbonyl (C=O) groups is 3. The second kappa shape index (κ2) is 12.5. The van der Waals surface area contributed by atoms with Crippen molar-refractivity contribution in [2.75, 3.05) is 0 Å². The lowest BCUT2D eigenvalue weighted by molar-refractivity contribution is 0.103. The Morgan fingerprint density at radius 1 is 0.400 bits per heavy atom. The van der Waals surface area contributed by atoms with Crippen LogP contribution in [0.15, 0.2) is 30.3 Å². The molecule has 45 heavy (non-hydrogen) atoms. The third-order valence-electron chi connectivity index (χ3n) is 9.54. The molecule has 1 unspecified atom stereocenters. The van der Waals surface area contributed by atoms with Crippen molar-refractivity contribution < 1.29 is 18.9 Å². The first-order valence-electron chi connectivity index (χ1n) is 15.5. The van der Waals surface area contributed by atoms with E-state index in [1.165, 1.54) is 0 Å². The van der Waals surface area contributed by atoms with Gasteiger partial charge >= 0.3 is 0 Å². The van der Waals surface area contributed by atoms with E-state index in [0.717, 1.165) is 55.6 Å². The highest BCUT2D eigenvalue weighted by Gasteiger charge is 2.33. The number of ketones is 2. The molecule has 0 radical (unpaired) electrons. The molecule has 0 spiro atoms. The Labute approximate surface area is 269 Å². The molecular weight excluding hydrogens is 575 g/mol. The maximum absolute atomic E-state index is 14.6. The van der Waals surface area contributed by atoms with Crippen LogP contribution in [0.2, 0.25) is 0 Å². The van der Waals surface area contributed by atoms with Gasteiger partial charge in [-0.2, -0.15) is 0 Å². The van der Waals surface area contributed by atoms with Crippen LogP contribution in [0.5, 0.6) is 0 Å². The predicted molar refractivity (Wildman–Crippen MR) is 187 cm³/mol. The van der Waals surface area contributed by atoms with Gasteiger partial charge in [-0.25, -0.2) is 0 Å². The molecule has 4 nitrogen and oxygen atoms in total. The van der Waals surface area contributed by atoms with Crippen molar-refractivity contribution in [2.24, 2.45) is 0 Å². The summed E-state index contributed by atoms with van der Waals surface area (Å²) in [5.74, 6) is -0.456. The number of hydrogen-bond donors (Lipinski definition) is 0. The second-order valence-electron chi connectivity index (χ2n) is 13.0. The molecule has 234 valence electrons. The van der Waals surface area contributed by atoms with Gasteiger partial charge in [0.15, 0.2) is 19.4 Å². The summed E-state index contributed by atoms with van der Waals surface area (Å²) >= 11 is 0. The lowest BCUT2D eigenvalue weighted by Gasteiger charge is -2.23. The van der Waals surface area contributed by atoms with Gasteiger partial charge in [0, 0.05) is 33.1 Å². The molecule has 4 aromatic rings. The zero-order valence-corrected chi connectivity index (χ0v) is 30.0. The van der Waals surface area contributed by atoms with Crippen LogP contribution in [0.4, 0.5) is 0 Å². The summed E-state index contributed by atoms with van der Waals surface area (Å²) in [4.78, 5) is 43.4. The first-order chi connectivity index (χ1) is 20.9. The highest BCUT2D eigenvalue weighted by atomic mass is 31.1. The van der Waals surface area contributed by atoms with Gasteiger partial charge in [0.2, 0.25) is 5.52 Å². The highest BCUT2D eigenvalue weighted by Crippen LogP contribution is 2.38. The maximum Gasteiger partial charge on any atom is 0.223 e. The van der Waals surface area contributed by atoms with E-state index >= 15 is 0 Å². The average Bonchev–Trinajstić information content (AvgIpc) is 2.90. The van der Waals surface area contributed by atoms with Crippen LogP contribution in [0.3, 0.4) is 0 Å². The normalized spacial score (nSPS) is 11.9. The lowest BCUT2D eigenvalue weighted by atomic mass is 9.82. The maximum atomic E-state index is 14.6. The van der Waals surface area contributed by atoms with Crippen LogP contribution < -0.4 is 5.30 Å². The molecule has 0 aliphatic carbocycles. The fourth-order valence-electron chi connectivity index (χ4n) is 7.35. The van der Waals surface area contributed by atoms with Crippen LogP contribution in [-0.4, -0.2) is 17.1 Å². The molecule has 5 heteroatoms. The molecule has 0 saturated heterocycles. The van der Waals surface area contributed by atoms with E-state index in [1.807, 2.05) is 99.6 Å². The quantitative estimate of drug-likeness (QED) is 0.153. The van der Waals surface area contributed by atoms with E-state index in [0.29, 0.717) is 49.8 Å². The van der Waals surface area contributed by atoms with Crippen molar-refractivity contribution in [3.8, 4) is 0 Å². The van der Waals surface area contributed by atoms with E-state index in [1.54, 1.807) is 20.8 Å². The molecule has 0 bridgehead atoms. The minimum absolute atomic E-state index is 0.228. The van der Waals surface area contributed by atoms with Gasteiger partial charge in [-0.15, -0.1) is 0 Å². The van der Waals surface area contributed by atoms with Gasteiger partial charge in [0.25, 0.3) is 0 Å². The Hall–Kier alpha value is -3.88. The Morgan fingerprint density at radius 2 is 0.733 bits per heavy atom. The van der Waals surface area contributed by atoms with Crippen molar-refractivity contribution in [3.63, 3.8) is 0 Å². The van der Waals surface area contributed by atoms with E-state index < -0.39 is 13.3 Å². The molecule has 0 N–H and O–H groups in total. The standard InChI is InChI=1S/C40H45O4P/c1-19-14-23(5)32(24(6)15-19)37(41)34-29(11)35(38(42)33-25(7)16-20(2)17-26(33)8)31(13)39(30(34)12)45(44)40(43)36-27(9)21(3)18-22(4)28(36)10/h14-18,45H,1-13H3. The summed E-state index contributed by atoms with van der Waals surface area (Å²) in [5.41, 5.74) is 12.3. The van der Waals surface area contributed by atoms with Crippen LogP contribution in [0.25, 0.3) is 0 Å². The van der Waals surface area contributed by atoms with E-state index in [-0.39, 0.29) is 11.6 Å². The molecule has 0 aromatic heterocycles. The first-order valence-corrected chi connectivity index (χ1v) is 16.9. The molecule has 0 amide bonds. The van der Waals surface area contributed by atoms with Crippen molar-refractivity contribution in [3.05, 3.63) is 130 Å². The van der Waals surface area contributed by atoms with Gasteiger partial charge in [-0.05, 0) is 151 Å². The molecule has 0 aliphatic rings. The topological polar surface area (TPSA) is 68.3 Å². The fraction of sp³-hybridized carbons (Fsp3) is 0.325. The third kappa shape index (κ3) is 5.82. The number of rotatable bonds is 7. The first kappa shape index (κ1) is 34.0. The zero-order chi connectivity index (χ0) is 33.8. The minimum atomic E-state index is -3.17. The molecule has 1 atom stereocenters.